The zero-order valence-corrected chi connectivity index (χ0v) is 11.9. The number of fused-ring (bicyclic) bond motifs is 1. The molecule has 2 heterocycles. The normalized spacial score (nSPS) is 10.6. The van der Waals surface area contributed by atoms with Crippen molar-refractivity contribution in [2.45, 2.75) is 0 Å². The highest BCUT2D eigenvalue weighted by atomic mass is 16.2. The molecule has 0 aliphatic carbocycles. The number of carbonyl (C=O) groups is 2. The summed E-state index contributed by atoms with van der Waals surface area (Å²) in [6, 6.07) is 10.6. The van der Waals surface area contributed by atoms with Gasteiger partial charge in [-0.05, 0) is 18.2 Å². The molecule has 0 saturated heterocycles. The number of benzene rings is 1. The van der Waals surface area contributed by atoms with Gasteiger partial charge in [0.05, 0.1) is 17.4 Å². The molecule has 0 atom stereocenters. The molecule has 0 saturated carbocycles. The molecule has 3 rings (SSSR count). The van der Waals surface area contributed by atoms with E-state index in [-0.39, 0.29) is 5.91 Å². The van der Waals surface area contributed by atoms with E-state index in [1.165, 1.54) is 0 Å². The van der Waals surface area contributed by atoms with Crippen molar-refractivity contribution < 1.29 is 9.59 Å². The molecule has 0 aliphatic heterocycles. The number of pyridine rings is 1. The van der Waals surface area contributed by atoms with Gasteiger partial charge in [-0.2, -0.15) is 0 Å². The van der Waals surface area contributed by atoms with Crippen molar-refractivity contribution in [2.75, 3.05) is 5.32 Å². The summed E-state index contributed by atoms with van der Waals surface area (Å²) < 4.78 is 1.72. The van der Waals surface area contributed by atoms with Crippen LogP contribution in [0.3, 0.4) is 0 Å². The molecule has 0 aliphatic rings. The van der Waals surface area contributed by atoms with Gasteiger partial charge >= 0.3 is 0 Å². The van der Waals surface area contributed by atoms with Crippen LogP contribution in [0.4, 0.5) is 5.69 Å². The second-order valence-corrected chi connectivity index (χ2v) is 4.93. The van der Waals surface area contributed by atoms with Gasteiger partial charge in [-0.15, -0.1) is 0 Å². The molecule has 2 amide bonds. The fourth-order valence-corrected chi connectivity index (χ4v) is 2.32. The first-order valence-corrected chi connectivity index (χ1v) is 6.67. The van der Waals surface area contributed by atoms with Crippen molar-refractivity contribution in [3.05, 3.63) is 59.9 Å². The minimum atomic E-state index is -0.529. The molecule has 0 fully saturated rings. The fourth-order valence-electron chi connectivity index (χ4n) is 2.32. The SMILES string of the molecule is Cn1cc(C(N)=O)c2cc(NC(=O)c3ccccc3)cnc21. The summed E-state index contributed by atoms with van der Waals surface area (Å²) >= 11 is 0. The van der Waals surface area contributed by atoms with Gasteiger partial charge in [0.15, 0.2) is 0 Å². The van der Waals surface area contributed by atoms with E-state index < -0.39 is 5.91 Å². The highest BCUT2D eigenvalue weighted by molar-refractivity contribution is 6.08. The Bertz CT molecular complexity index is 868. The largest absolute Gasteiger partial charge is 0.366 e. The van der Waals surface area contributed by atoms with Crippen molar-refractivity contribution in [1.29, 1.82) is 0 Å². The molecule has 6 nitrogen and oxygen atoms in total. The van der Waals surface area contributed by atoms with Gasteiger partial charge in [-0.1, -0.05) is 18.2 Å². The highest BCUT2D eigenvalue weighted by Gasteiger charge is 2.14. The third-order valence-electron chi connectivity index (χ3n) is 3.37. The third kappa shape index (κ3) is 2.42. The Kier molecular flexibility index (Phi) is 3.34. The number of nitrogens with zero attached hydrogens (tertiary/aromatic N) is 2. The predicted molar refractivity (Wildman–Crippen MR) is 83.6 cm³/mol. The van der Waals surface area contributed by atoms with Crippen molar-refractivity contribution in [3.63, 3.8) is 0 Å². The van der Waals surface area contributed by atoms with E-state index in [1.807, 2.05) is 6.07 Å². The number of nitrogens with two attached hydrogens (primary N) is 1. The zero-order valence-electron chi connectivity index (χ0n) is 11.9. The smallest absolute Gasteiger partial charge is 0.255 e. The van der Waals surface area contributed by atoms with Crippen LogP contribution in [0, 0.1) is 0 Å². The molecule has 1 aromatic carbocycles. The van der Waals surface area contributed by atoms with Gasteiger partial charge in [0.1, 0.15) is 5.65 Å². The Morgan fingerprint density at radius 1 is 1.23 bits per heavy atom. The lowest BCUT2D eigenvalue weighted by Gasteiger charge is -2.05. The number of anilines is 1. The van der Waals surface area contributed by atoms with E-state index in [9.17, 15) is 9.59 Å². The number of aromatic nitrogens is 2. The Morgan fingerprint density at radius 3 is 2.64 bits per heavy atom. The summed E-state index contributed by atoms with van der Waals surface area (Å²) in [6.07, 6.45) is 3.18. The number of aryl methyl sites for hydroxylation is 1. The monoisotopic (exact) mass is 294 g/mol. The Labute approximate surface area is 126 Å². The minimum Gasteiger partial charge on any atom is -0.366 e. The van der Waals surface area contributed by atoms with Gasteiger partial charge in [0.25, 0.3) is 11.8 Å². The van der Waals surface area contributed by atoms with E-state index >= 15 is 0 Å². The predicted octanol–water partition coefficient (Wildman–Crippen LogP) is 1.92. The quantitative estimate of drug-likeness (QED) is 0.773. The fraction of sp³-hybridized carbons (Fsp3) is 0.0625. The first kappa shape index (κ1) is 13.8. The third-order valence-corrected chi connectivity index (χ3v) is 3.37. The number of amides is 2. The maximum Gasteiger partial charge on any atom is 0.255 e. The van der Waals surface area contributed by atoms with Gasteiger partial charge in [-0.3, -0.25) is 9.59 Å². The lowest BCUT2D eigenvalue weighted by Crippen LogP contribution is -2.12. The molecule has 6 heteroatoms. The maximum absolute atomic E-state index is 12.1. The second kappa shape index (κ2) is 5.33. The summed E-state index contributed by atoms with van der Waals surface area (Å²) in [4.78, 5) is 27.9. The average molecular weight is 294 g/mol. The van der Waals surface area contributed by atoms with E-state index in [1.54, 1.807) is 54.3 Å². The van der Waals surface area contributed by atoms with Crippen LogP contribution >= 0.6 is 0 Å². The van der Waals surface area contributed by atoms with Crippen molar-refractivity contribution in [2.24, 2.45) is 12.8 Å². The average Bonchev–Trinajstić information content (AvgIpc) is 2.85. The number of carbonyl (C=O) groups excluding carboxylic acids is 2. The Balaban J connectivity index is 1.97. The van der Waals surface area contributed by atoms with Crippen molar-refractivity contribution in [1.82, 2.24) is 9.55 Å². The number of hydrogen-bond acceptors (Lipinski definition) is 3. The molecular weight excluding hydrogens is 280 g/mol. The van der Waals surface area contributed by atoms with Gasteiger partial charge < -0.3 is 15.6 Å². The van der Waals surface area contributed by atoms with Crippen LogP contribution in [0.5, 0.6) is 0 Å². The molecule has 0 unspecified atom stereocenters. The molecule has 110 valence electrons. The maximum atomic E-state index is 12.1. The van der Waals surface area contributed by atoms with E-state index in [0.717, 1.165) is 0 Å². The van der Waals surface area contributed by atoms with E-state index in [2.05, 4.69) is 10.3 Å². The molecule has 3 N–H and O–H groups in total. The molecular formula is C16H14N4O2. The number of rotatable bonds is 3. The summed E-state index contributed by atoms with van der Waals surface area (Å²) in [6.45, 7) is 0. The highest BCUT2D eigenvalue weighted by Crippen LogP contribution is 2.22. The molecule has 0 spiro atoms. The van der Waals surface area contributed by atoms with Crippen LogP contribution in [0.2, 0.25) is 0 Å². The first-order chi connectivity index (χ1) is 10.6. The summed E-state index contributed by atoms with van der Waals surface area (Å²) in [7, 11) is 1.78. The molecule has 0 bridgehead atoms. The number of hydrogen-bond donors (Lipinski definition) is 2. The van der Waals surface area contributed by atoms with Crippen LogP contribution in [0.15, 0.2) is 48.8 Å². The number of primary amides is 1. The minimum absolute atomic E-state index is 0.238. The topological polar surface area (TPSA) is 90.0 Å². The van der Waals surface area contributed by atoms with E-state index in [4.69, 9.17) is 5.73 Å². The second-order valence-electron chi connectivity index (χ2n) is 4.93. The van der Waals surface area contributed by atoms with E-state index in [0.29, 0.717) is 27.8 Å². The first-order valence-electron chi connectivity index (χ1n) is 6.67. The van der Waals surface area contributed by atoms with Gasteiger partial charge in [0, 0.05) is 24.2 Å². The summed E-state index contributed by atoms with van der Waals surface area (Å²) in [5.41, 5.74) is 7.43. The van der Waals surface area contributed by atoms with Crippen LogP contribution in [0.25, 0.3) is 11.0 Å². The Morgan fingerprint density at radius 2 is 1.95 bits per heavy atom. The van der Waals surface area contributed by atoms with Gasteiger partial charge in [0.2, 0.25) is 0 Å². The van der Waals surface area contributed by atoms with Gasteiger partial charge in [-0.25, -0.2) is 4.98 Å². The van der Waals surface area contributed by atoms with Crippen LogP contribution < -0.4 is 11.1 Å². The summed E-state index contributed by atoms with van der Waals surface area (Å²) in [5.74, 6) is -0.766. The standard InChI is InChI=1S/C16H14N4O2/c1-20-9-13(14(17)21)12-7-11(8-18-15(12)20)19-16(22)10-5-3-2-4-6-10/h2-9H,1H3,(H2,17,21)(H,19,22). The lowest BCUT2D eigenvalue weighted by atomic mass is 10.2. The van der Waals surface area contributed by atoms with Crippen LogP contribution in [-0.2, 0) is 7.05 Å². The molecule has 0 radical (unpaired) electrons. The van der Waals surface area contributed by atoms with Crippen LogP contribution in [0.1, 0.15) is 20.7 Å². The molecule has 2 aromatic heterocycles. The van der Waals surface area contributed by atoms with Crippen molar-refractivity contribution in [3.8, 4) is 0 Å². The van der Waals surface area contributed by atoms with Crippen LogP contribution in [-0.4, -0.2) is 21.4 Å². The summed E-state index contributed by atoms with van der Waals surface area (Å²) in [5, 5.41) is 3.37. The van der Waals surface area contributed by atoms with Crippen molar-refractivity contribution >= 4 is 28.5 Å². The molecule has 22 heavy (non-hydrogen) atoms. The Hall–Kier alpha value is -3.15. The zero-order chi connectivity index (χ0) is 15.7. The number of nitrogens with one attached hydrogen (secondary N) is 1. The lowest BCUT2D eigenvalue weighted by molar-refractivity contribution is 0.0999. The molecule has 3 aromatic rings.